The average molecular weight is 233 g/mol. The molecular formula is C15H23NO. The van der Waals surface area contributed by atoms with E-state index in [0.717, 1.165) is 31.1 Å². The lowest BCUT2D eigenvalue weighted by atomic mass is 9.76. The number of aliphatic hydroxyl groups excluding tert-OH is 1. The minimum atomic E-state index is -0.350. The number of likely N-dealkylation sites (tertiary alicyclic amines) is 1. The molecule has 0 bridgehead atoms. The predicted molar refractivity (Wildman–Crippen MR) is 70.8 cm³/mol. The van der Waals surface area contributed by atoms with Gasteiger partial charge in [0.05, 0.1) is 6.10 Å². The highest BCUT2D eigenvalue weighted by Crippen LogP contribution is 2.34. The van der Waals surface area contributed by atoms with Crippen molar-refractivity contribution in [2.24, 2.45) is 11.3 Å². The van der Waals surface area contributed by atoms with Gasteiger partial charge in [-0.25, -0.2) is 0 Å². The normalized spacial score (nSPS) is 20.0. The molecule has 0 saturated carbocycles. The van der Waals surface area contributed by atoms with Crippen LogP contribution < -0.4 is 0 Å². The molecule has 1 aliphatic rings. The molecule has 1 aliphatic heterocycles. The maximum atomic E-state index is 10.1. The molecular weight excluding hydrogens is 210 g/mol. The zero-order valence-corrected chi connectivity index (χ0v) is 11.1. The van der Waals surface area contributed by atoms with Crippen molar-refractivity contribution in [3.05, 3.63) is 35.9 Å². The van der Waals surface area contributed by atoms with Crippen LogP contribution in [0.5, 0.6) is 0 Å². The van der Waals surface area contributed by atoms with Gasteiger partial charge in [-0.1, -0.05) is 51.1 Å². The maximum absolute atomic E-state index is 10.1. The standard InChI is InChI=1S/C15H23NO/c1-15(2,3)13-9-16(10-13)11-14(17)12-7-5-4-6-8-12/h4-8,13-14,17H,9-11H2,1-3H3. The number of nitrogens with zero attached hydrogens (tertiary/aromatic N) is 1. The molecule has 1 heterocycles. The Bertz CT molecular complexity index is 349. The van der Waals surface area contributed by atoms with Gasteiger partial charge in [-0.15, -0.1) is 0 Å². The number of aliphatic hydroxyl groups is 1. The minimum absolute atomic E-state index is 0.350. The van der Waals surface area contributed by atoms with Crippen LogP contribution >= 0.6 is 0 Å². The number of hydrogen-bond donors (Lipinski definition) is 1. The quantitative estimate of drug-likeness (QED) is 0.867. The average Bonchev–Trinajstić information content (AvgIpc) is 2.22. The Morgan fingerprint density at radius 1 is 1.24 bits per heavy atom. The van der Waals surface area contributed by atoms with Gasteiger partial charge in [-0.3, -0.25) is 4.90 Å². The monoisotopic (exact) mass is 233 g/mol. The lowest BCUT2D eigenvalue weighted by Crippen LogP contribution is -2.53. The van der Waals surface area contributed by atoms with Crippen molar-refractivity contribution in [1.82, 2.24) is 4.90 Å². The molecule has 1 fully saturated rings. The number of hydrogen-bond acceptors (Lipinski definition) is 2. The summed E-state index contributed by atoms with van der Waals surface area (Å²) in [5, 5.41) is 10.1. The van der Waals surface area contributed by atoms with E-state index in [0.29, 0.717) is 5.41 Å². The van der Waals surface area contributed by atoms with Gasteiger partial charge < -0.3 is 5.11 Å². The lowest BCUT2D eigenvalue weighted by Gasteiger charge is -2.47. The fourth-order valence-electron chi connectivity index (χ4n) is 2.29. The fourth-order valence-corrected chi connectivity index (χ4v) is 2.29. The Morgan fingerprint density at radius 3 is 2.35 bits per heavy atom. The van der Waals surface area contributed by atoms with Crippen molar-refractivity contribution in [2.75, 3.05) is 19.6 Å². The smallest absolute Gasteiger partial charge is 0.0916 e. The Balaban J connectivity index is 1.81. The first-order valence-corrected chi connectivity index (χ1v) is 6.42. The number of rotatable bonds is 3. The number of benzene rings is 1. The topological polar surface area (TPSA) is 23.5 Å². The zero-order valence-electron chi connectivity index (χ0n) is 11.1. The van der Waals surface area contributed by atoms with E-state index in [1.165, 1.54) is 0 Å². The van der Waals surface area contributed by atoms with Crippen LogP contribution in [0, 0.1) is 11.3 Å². The molecule has 1 N–H and O–H groups in total. The molecule has 0 radical (unpaired) electrons. The highest BCUT2D eigenvalue weighted by molar-refractivity contribution is 5.17. The van der Waals surface area contributed by atoms with E-state index in [-0.39, 0.29) is 6.10 Å². The van der Waals surface area contributed by atoms with E-state index in [2.05, 4.69) is 25.7 Å². The van der Waals surface area contributed by atoms with Gasteiger partial charge in [0.1, 0.15) is 0 Å². The molecule has 1 unspecified atom stereocenters. The summed E-state index contributed by atoms with van der Waals surface area (Å²) >= 11 is 0. The maximum Gasteiger partial charge on any atom is 0.0916 e. The summed E-state index contributed by atoms with van der Waals surface area (Å²) in [6.45, 7) is 9.88. The zero-order chi connectivity index (χ0) is 12.5. The van der Waals surface area contributed by atoms with Crippen LogP contribution in [0.1, 0.15) is 32.4 Å². The van der Waals surface area contributed by atoms with E-state index in [4.69, 9.17) is 0 Å². The predicted octanol–water partition coefficient (Wildman–Crippen LogP) is 2.70. The second-order valence-electron chi connectivity index (χ2n) is 6.21. The van der Waals surface area contributed by atoms with E-state index in [1.54, 1.807) is 0 Å². The van der Waals surface area contributed by atoms with Gasteiger partial charge in [0.25, 0.3) is 0 Å². The molecule has 0 amide bonds. The number of β-amino-alcohol motifs (C(OH)–C–C–N with tert-alkyl or cyclic N) is 1. The highest BCUT2D eigenvalue weighted by atomic mass is 16.3. The highest BCUT2D eigenvalue weighted by Gasteiger charge is 2.36. The van der Waals surface area contributed by atoms with Crippen LogP contribution in [0.25, 0.3) is 0 Å². The van der Waals surface area contributed by atoms with Crippen molar-refractivity contribution >= 4 is 0 Å². The van der Waals surface area contributed by atoms with Crippen LogP contribution in [0.2, 0.25) is 0 Å². The van der Waals surface area contributed by atoms with Crippen LogP contribution in [0.15, 0.2) is 30.3 Å². The summed E-state index contributed by atoms with van der Waals surface area (Å²) in [4.78, 5) is 2.34. The Kier molecular flexibility index (Phi) is 3.55. The molecule has 17 heavy (non-hydrogen) atoms. The Hall–Kier alpha value is -0.860. The molecule has 2 rings (SSSR count). The summed E-state index contributed by atoms with van der Waals surface area (Å²) in [7, 11) is 0. The van der Waals surface area contributed by atoms with E-state index in [1.807, 2.05) is 30.3 Å². The molecule has 0 spiro atoms. The van der Waals surface area contributed by atoms with Crippen molar-refractivity contribution in [2.45, 2.75) is 26.9 Å². The first-order valence-electron chi connectivity index (χ1n) is 6.42. The first kappa shape index (κ1) is 12.6. The minimum Gasteiger partial charge on any atom is -0.387 e. The van der Waals surface area contributed by atoms with Crippen LogP contribution in [-0.2, 0) is 0 Å². The van der Waals surface area contributed by atoms with Crippen molar-refractivity contribution in [1.29, 1.82) is 0 Å². The molecule has 0 aliphatic carbocycles. The molecule has 2 heteroatoms. The Labute approximate surface area is 104 Å². The van der Waals surface area contributed by atoms with E-state index in [9.17, 15) is 5.11 Å². The summed E-state index contributed by atoms with van der Waals surface area (Å²) in [5.41, 5.74) is 1.42. The van der Waals surface area contributed by atoms with Crippen molar-refractivity contribution < 1.29 is 5.11 Å². The summed E-state index contributed by atoms with van der Waals surface area (Å²) in [6.07, 6.45) is -0.350. The van der Waals surface area contributed by atoms with E-state index < -0.39 is 0 Å². The molecule has 1 atom stereocenters. The third-order valence-corrected chi connectivity index (χ3v) is 3.80. The molecule has 2 nitrogen and oxygen atoms in total. The van der Waals surface area contributed by atoms with Gasteiger partial charge in [-0.05, 0) is 16.9 Å². The van der Waals surface area contributed by atoms with Crippen molar-refractivity contribution in [3.8, 4) is 0 Å². The molecule has 94 valence electrons. The summed E-state index contributed by atoms with van der Waals surface area (Å²) in [5.74, 6) is 0.769. The lowest BCUT2D eigenvalue weighted by molar-refractivity contribution is -0.00683. The van der Waals surface area contributed by atoms with Crippen LogP contribution in [-0.4, -0.2) is 29.6 Å². The van der Waals surface area contributed by atoms with Gasteiger partial charge >= 0.3 is 0 Å². The molecule has 1 aromatic rings. The van der Waals surface area contributed by atoms with Crippen molar-refractivity contribution in [3.63, 3.8) is 0 Å². The molecule has 0 aromatic heterocycles. The second kappa shape index (κ2) is 4.79. The van der Waals surface area contributed by atoms with Gasteiger partial charge in [0, 0.05) is 19.6 Å². The largest absolute Gasteiger partial charge is 0.387 e. The SMILES string of the molecule is CC(C)(C)C1CN(CC(O)c2ccccc2)C1. The summed E-state index contributed by atoms with van der Waals surface area (Å²) < 4.78 is 0. The summed E-state index contributed by atoms with van der Waals surface area (Å²) in [6, 6.07) is 9.92. The van der Waals surface area contributed by atoms with Gasteiger partial charge in [-0.2, -0.15) is 0 Å². The Morgan fingerprint density at radius 2 is 1.82 bits per heavy atom. The van der Waals surface area contributed by atoms with Gasteiger partial charge in [0.15, 0.2) is 0 Å². The third kappa shape index (κ3) is 3.08. The fraction of sp³-hybridized carbons (Fsp3) is 0.600. The van der Waals surface area contributed by atoms with Crippen LogP contribution in [0.4, 0.5) is 0 Å². The molecule has 1 saturated heterocycles. The first-order chi connectivity index (χ1) is 7.97. The molecule has 1 aromatic carbocycles. The third-order valence-electron chi connectivity index (χ3n) is 3.80. The van der Waals surface area contributed by atoms with E-state index >= 15 is 0 Å². The van der Waals surface area contributed by atoms with Crippen LogP contribution in [0.3, 0.4) is 0 Å². The second-order valence-corrected chi connectivity index (χ2v) is 6.21. The van der Waals surface area contributed by atoms with Gasteiger partial charge in [0.2, 0.25) is 0 Å².